The number of likely N-dealkylation sites (N-methyl/N-ethyl adjacent to an activating group) is 1. The van der Waals surface area contributed by atoms with E-state index in [0.29, 0.717) is 6.54 Å². The van der Waals surface area contributed by atoms with Crippen LogP contribution in [0.15, 0.2) is 17.5 Å². The van der Waals surface area contributed by atoms with Crippen molar-refractivity contribution in [3.8, 4) is 0 Å². The summed E-state index contributed by atoms with van der Waals surface area (Å²) in [5.41, 5.74) is 5.81. The Kier molecular flexibility index (Phi) is 6.25. The number of methoxy groups -OCH3 is 2. The van der Waals surface area contributed by atoms with Crippen LogP contribution in [0, 0.1) is 0 Å². The average Bonchev–Trinajstić information content (AvgIpc) is 2.88. The Bertz CT molecular complexity index is 328. The molecule has 0 saturated carbocycles. The van der Waals surface area contributed by atoms with Crippen molar-refractivity contribution in [2.75, 3.05) is 27.8 Å². The van der Waals surface area contributed by atoms with Crippen molar-refractivity contribution in [2.45, 2.75) is 31.7 Å². The molecule has 5 heteroatoms. The zero-order valence-electron chi connectivity index (χ0n) is 11.7. The van der Waals surface area contributed by atoms with Gasteiger partial charge in [0.05, 0.1) is 0 Å². The lowest BCUT2D eigenvalue weighted by atomic mass is 9.95. The van der Waals surface area contributed by atoms with E-state index in [9.17, 15) is 0 Å². The highest BCUT2D eigenvalue weighted by atomic mass is 32.1. The number of hydrogen-bond donors (Lipinski definition) is 1. The van der Waals surface area contributed by atoms with E-state index >= 15 is 0 Å². The Morgan fingerprint density at radius 3 is 2.56 bits per heavy atom. The summed E-state index contributed by atoms with van der Waals surface area (Å²) >= 11 is 1.76. The molecular weight excluding hydrogens is 248 g/mol. The summed E-state index contributed by atoms with van der Waals surface area (Å²) in [6, 6.07) is 4.21. The van der Waals surface area contributed by atoms with Gasteiger partial charge in [-0.05, 0) is 25.4 Å². The molecule has 104 valence electrons. The molecular formula is C13H24N2O2S. The second-order valence-electron chi connectivity index (χ2n) is 4.74. The van der Waals surface area contributed by atoms with Gasteiger partial charge in [0.2, 0.25) is 0 Å². The van der Waals surface area contributed by atoms with Gasteiger partial charge in [-0.2, -0.15) is 0 Å². The van der Waals surface area contributed by atoms with Crippen LogP contribution in [0.5, 0.6) is 0 Å². The maximum Gasteiger partial charge on any atom is 0.158 e. The quantitative estimate of drug-likeness (QED) is 0.734. The van der Waals surface area contributed by atoms with Gasteiger partial charge in [0.1, 0.15) is 0 Å². The summed E-state index contributed by atoms with van der Waals surface area (Å²) in [6.07, 6.45) is 0.530. The van der Waals surface area contributed by atoms with Gasteiger partial charge in [0.15, 0.2) is 6.29 Å². The molecule has 4 nitrogen and oxygen atoms in total. The molecule has 1 atom stereocenters. The van der Waals surface area contributed by atoms with E-state index in [0.717, 1.165) is 13.0 Å². The van der Waals surface area contributed by atoms with Crippen LogP contribution < -0.4 is 5.73 Å². The van der Waals surface area contributed by atoms with Gasteiger partial charge in [-0.15, -0.1) is 11.3 Å². The molecule has 1 unspecified atom stereocenters. The molecule has 0 amide bonds. The first-order chi connectivity index (χ1) is 8.55. The Hall–Kier alpha value is -0.460. The van der Waals surface area contributed by atoms with E-state index in [1.807, 2.05) is 0 Å². The van der Waals surface area contributed by atoms with Crippen LogP contribution in [0.4, 0.5) is 0 Å². The van der Waals surface area contributed by atoms with Crippen molar-refractivity contribution in [1.29, 1.82) is 0 Å². The molecule has 1 aromatic heterocycles. The van der Waals surface area contributed by atoms with Crippen molar-refractivity contribution in [1.82, 2.24) is 4.90 Å². The highest BCUT2D eigenvalue weighted by Gasteiger charge is 2.31. The molecule has 0 fully saturated rings. The van der Waals surface area contributed by atoms with Gasteiger partial charge in [0.25, 0.3) is 0 Å². The molecule has 1 heterocycles. The fourth-order valence-corrected chi connectivity index (χ4v) is 2.60. The highest BCUT2D eigenvalue weighted by Crippen LogP contribution is 2.23. The van der Waals surface area contributed by atoms with Crippen molar-refractivity contribution in [3.05, 3.63) is 22.4 Å². The summed E-state index contributed by atoms with van der Waals surface area (Å²) in [7, 11) is 5.41. The summed E-state index contributed by atoms with van der Waals surface area (Å²) in [4.78, 5) is 3.60. The van der Waals surface area contributed by atoms with Crippen LogP contribution in [-0.2, 0) is 16.0 Å². The van der Waals surface area contributed by atoms with Crippen LogP contribution in [-0.4, -0.2) is 44.5 Å². The Morgan fingerprint density at radius 2 is 2.11 bits per heavy atom. The van der Waals surface area contributed by atoms with E-state index in [1.165, 1.54) is 4.88 Å². The standard InChI is InChI=1S/C13H24N2O2S/c1-13(10-14,8-12(16-3)17-4)15(2)9-11-6-5-7-18-11/h5-7,12H,8-10,14H2,1-4H3. The van der Waals surface area contributed by atoms with Crippen molar-refractivity contribution >= 4 is 11.3 Å². The van der Waals surface area contributed by atoms with Gasteiger partial charge in [-0.1, -0.05) is 6.07 Å². The maximum absolute atomic E-state index is 5.95. The van der Waals surface area contributed by atoms with E-state index in [2.05, 4.69) is 36.4 Å². The Balaban J connectivity index is 2.67. The lowest BCUT2D eigenvalue weighted by Gasteiger charge is -2.39. The Morgan fingerprint density at radius 1 is 1.44 bits per heavy atom. The monoisotopic (exact) mass is 272 g/mol. The van der Waals surface area contributed by atoms with Crippen LogP contribution in [0.2, 0.25) is 0 Å². The number of ether oxygens (including phenoxy) is 2. The zero-order chi connectivity index (χ0) is 13.6. The minimum absolute atomic E-state index is 0.138. The minimum Gasteiger partial charge on any atom is -0.356 e. The van der Waals surface area contributed by atoms with Crippen LogP contribution in [0.1, 0.15) is 18.2 Å². The lowest BCUT2D eigenvalue weighted by molar-refractivity contribution is -0.127. The molecule has 0 aliphatic rings. The van der Waals surface area contributed by atoms with E-state index < -0.39 is 0 Å². The van der Waals surface area contributed by atoms with Gasteiger partial charge in [0, 0.05) is 44.1 Å². The molecule has 2 N–H and O–H groups in total. The lowest BCUT2D eigenvalue weighted by Crippen LogP contribution is -2.51. The minimum atomic E-state index is -0.218. The number of nitrogens with two attached hydrogens (primary N) is 1. The summed E-state index contributed by atoms with van der Waals surface area (Å²) in [5.74, 6) is 0. The highest BCUT2D eigenvalue weighted by molar-refractivity contribution is 7.09. The van der Waals surface area contributed by atoms with Gasteiger partial charge in [-0.3, -0.25) is 4.90 Å². The number of rotatable bonds is 8. The molecule has 18 heavy (non-hydrogen) atoms. The molecule has 0 spiro atoms. The molecule has 1 aromatic rings. The zero-order valence-corrected chi connectivity index (χ0v) is 12.5. The smallest absolute Gasteiger partial charge is 0.158 e. The normalized spacial score (nSPS) is 15.3. The first-order valence-corrected chi connectivity index (χ1v) is 6.93. The fourth-order valence-electron chi connectivity index (χ4n) is 1.84. The van der Waals surface area contributed by atoms with Gasteiger partial charge < -0.3 is 15.2 Å². The molecule has 0 aromatic carbocycles. The van der Waals surface area contributed by atoms with Crippen LogP contribution >= 0.6 is 11.3 Å². The summed E-state index contributed by atoms with van der Waals surface area (Å²) in [5, 5.41) is 2.09. The number of hydrogen-bond acceptors (Lipinski definition) is 5. The fraction of sp³-hybridized carbons (Fsp3) is 0.692. The van der Waals surface area contributed by atoms with Gasteiger partial charge in [-0.25, -0.2) is 0 Å². The SMILES string of the molecule is COC(CC(C)(CN)N(C)Cc1cccs1)OC. The maximum atomic E-state index is 5.95. The van der Waals surface area contributed by atoms with Crippen LogP contribution in [0.3, 0.4) is 0 Å². The molecule has 0 aliphatic heterocycles. The third-order valence-electron chi connectivity index (χ3n) is 3.47. The van der Waals surface area contributed by atoms with Gasteiger partial charge >= 0.3 is 0 Å². The van der Waals surface area contributed by atoms with E-state index in [1.54, 1.807) is 25.6 Å². The summed E-state index contributed by atoms with van der Waals surface area (Å²) in [6.45, 7) is 3.61. The van der Waals surface area contributed by atoms with Crippen molar-refractivity contribution in [3.63, 3.8) is 0 Å². The first-order valence-electron chi connectivity index (χ1n) is 6.05. The number of thiophene rings is 1. The predicted octanol–water partition coefficient (Wildman–Crippen LogP) is 1.91. The Labute approximate surface area is 114 Å². The third kappa shape index (κ3) is 4.03. The largest absolute Gasteiger partial charge is 0.356 e. The molecule has 0 bridgehead atoms. The number of nitrogens with zero attached hydrogens (tertiary/aromatic N) is 1. The average molecular weight is 272 g/mol. The molecule has 1 rings (SSSR count). The van der Waals surface area contributed by atoms with Crippen molar-refractivity contribution < 1.29 is 9.47 Å². The summed E-state index contributed by atoms with van der Waals surface area (Å²) < 4.78 is 10.6. The molecule has 0 aliphatic carbocycles. The second kappa shape index (κ2) is 7.21. The van der Waals surface area contributed by atoms with E-state index in [-0.39, 0.29) is 11.8 Å². The van der Waals surface area contributed by atoms with Crippen LogP contribution in [0.25, 0.3) is 0 Å². The molecule has 0 radical (unpaired) electrons. The third-order valence-corrected chi connectivity index (χ3v) is 4.33. The first kappa shape index (κ1) is 15.6. The predicted molar refractivity (Wildman–Crippen MR) is 75.7 cm³/mol. The molecule has 0 saturated heterocycles. The van der Waals surface area contributed by atoms with Crippen molar-refractivity contribution in [2.24, 2.45) is 5.73 Å². The second-order valence-corrected chi connectivity index (χ2v) is 5.77. The van der Waals surface area contributed by atoms with E-state index in [4.69, 9.17) is 15.2 Å². The topological polar surface area (TPSA) is 47.7 Å².